The molecule has 41 heavy (non-hydrogen) atoms. The number of aryl methyl sites for hydroxylation is 1. The Kier molecular flexibility index (Phi) is 8.36. The largest absolute Gasteiger partial charge is 0.444 e. The number of anilines is 1. The molecule has 4 rings (SSSR count). The van der Waals surface area contributed by atoms with Gasteiger partial charge in [-0.05, 0) is 70.6 Å². The molecule has 0 unspecified atom stereocenters. The maximum Gasteiger partial charge on any atom is 0.416 e. The lowest BCUT2D eigenvalue weighted by atomic mass is 10.0. The first kappa shape index (κ1) is 29.9. The fourth-order valence-corrected chi connectivity index (χ4v) is 5.05. The number of carbonyl (C=O) groups excluding carboxylic acids is 2. The normalized spacial score (nSPS) is 15.4. The summed E-state index contributed by atoms with van der Waals surface area (Å²) in [6, 6.07) is 4.03. The molecular formula is C28H36F3N7O3. The van der Waals surface area contributed by atoms with Crippen molar-refractivity contribution in [3.05, 3.63) is 52.8 Å². The van der Waals surface area contributed by atoms with Crippen molar-refractivity contribution in [3.8, 4) is 11.3 Å². The first-order valence-electron chi connectivity index (χ1n) is 13.5. The summed E-state index contributed by atoms with van der Waals surface area (Å²) in [5.74, 6) is -0.602. The maximum absolute atomic E-state index is 13.4. The number of halogens is 3. The predicted molar refractivity (Wildman–Crippen MR) is 147 cm³/mol. The van der Waals surface area contributed by atoms with Gasteiger partial charge in [-0.1, -0.05) is 12.1 Å². The fourth-order valence-electron chi connectivity index (χ4n) is 5.05. The molecule has 1 aliphatic rings. The molecule has 3 heterocycles. The Morgan fingerprint density at radius 1 is 1.12 bits per heavy atom. The van der Waals surface area contributed by atoms with Gasteiger partial charge in [0, 0.05) is 24.8 Å². The van der Waals surface area contributed by atoms with E-state index >= 15 is 0 Å². The van der Waals surface area contributed by atoms with Crippen LogP contribution in [-0.4, -0.2) is 55.2 Å². The summed E-state index contributed by atoms with van der Waals surface area (Å²) in [4.78, 5) is 26.6. The molecule has 0 radical (unpaired) electrons. The second-order valence-electron chi connectivity index (χ2n) is 11.4. The Morgan fingerprint density at radius 2 is 1.78 bits per heavy atom. The Hall–Kier alpha value is -4.03. The smallest absolute Gasteiger partial charge is 0.416 e. The Bertz CT molecular complexity index is 1410. The lowest BCUT2D eigenvalue weighted by Crippen LogP contribution is -2.39. The summed E-state index contributed by atoms with van der Waals surface area (Å²) in [5.41, 5.74) is 12.2. The number of nitrogen functional groups attached to an aromatic ring is 1. The highest BCUT2D eigenvalue weighted by Gasteiger charge is 2.33. The number of alkyl halides is 3. The Morgan fingerprint density at radius 3 is 2.37 bits per heavy atom. The van der Waals surface area contributed by atoms with Crippen LogP contribution < -0.4 is 11.5 Å². The zero-order chi connectivity index (χ0) is 30.1. The van der Waals surface area contributed by atoms with E-state index in [1.54, 1.807) is 21.8 Å². The van der Waals surface area contributed by atoms with Crippen LogP contribution in [-0.2, 0) is 17.5 Å². The summed E-state index contributed by atoms with van der Waals surface area (Å²) in [6.45, 7) is 8.02. The second kappa shape index (κ2) is 11.5. The number of hydrogen-bond acceptors (Lipinski definition) is 6. The first-order chi connectivity index (χ1) is 19.1. The minimum Gasteiger partial charge on any atom is -0.444 e. The summed E-state index contributed by atoms with van der Waals surface area (Å²) >= 11 is 0. The summed E-state index contributed by atoms with van der Waals surface area (Å²) < 4.78 is 48.7. The lowest BCUT2D eigenvalue weighted by molar-refractivity contribution is -0.138. The van der Waals surface area contributed by atoms with Crippen molar-refractivity contribution in [2.45, 2.75) is 77.7 Å². The number of nitrogens with zero attached hydrogens (tertiary/aromatic N) is 5. The van der Waals surface area contributed by atoms with Gasteiger partial charge in [-0.2, -0.15) is 23.4 Å². The van der Waals surface area contributed by atoms with E-state index in [1.165, 1.54) is 23.9 Å². The molecule has 3 aromatic rings. The van der Waals surface area contributed by atoms with Gasteiger partial charge >= 0.3 is 12.3 Å². The number of primary amides is 1. The van der Waals surface area contributed by atoms with E-state index in [2.05, 4.69) is 10.2 Å². The number of nitrogens with two attached hydrogens (primary N) is 2. The van der Waals surface area contributed by atoms with Crippen molar-refractivity contribution in [1.29, 1.82) is 0 Å². The van der Waals surface area contributed by atoms with Gasteiger partial charge in [0.1, 0.15) is 22.7 Å². The SMILES string of the molecule is Cc1ccc(Cn2cc(-c3nn(C4CCCN(C(=O)OC(C)(C)C)CCC4)c(N)c3C(N)=O)cn2)cc1C(F)(F)F. The summed E-state index contributed by atoms with van der Waals surface area (Å²) in [6.07, 6.45) is 0.967. The fraction of sp³-hybridized carbons (Fsp3) is 0.500. The van der Waals surface area contributed by atoms with Crippen molar-refractivity contribution in [1.82, 2.24) is 24.5 Å². The monoisotopic (exact) mass is 575 g/mol. The van der Waals surface area contributed by atoms with Crippen LogP contribution in [0.25, 0.3) is 11.3 Å². The highest BCUT2D eigenvalue weighted by Crippen LogP contribution is 2.34. The van der Waals surface area contributed by atoms with Crippen molar-refractivity contribution >= 4 is 17.8 Å². The summed E-state index contributed by atoms with van der Waals surface area (Å²) in [7, 11) is 0. The molecule has 0 spiro atoms. The third-order valence-electron chi connectivity index (χ3n) is 6.98. The average Bonchev–Trinajstić information content (AvgIpc) is 3.42. The second-order valence-corrected chi connectivity index (χ2v) is 11.4. The highest BCUT2D eigenvalue weighted by atomic mass is 19.4. The van der Waals surface area contributed by atoms with Crippen molar-refractivity contribution in [2.24, 2.45) is 5.73 Å². The van der Waals surface area contributed by atoms with Gasteiger partial charge in [0.05, 0.1) is 24.3 Å². The highest BCUT2D eigenvalue weighted by molar-refractivity contribution is 6.03. The molecule has 2 aromatic heterocycles. The number of benzene rings is 1. The van der Waals surface area contributed by atoms with Gasteiger partial charge in [0.15, 0.2) is 0 Å². The molecule has 1 aromatic carbocycles. The molecule has 0 saturated carbocycles. The Balaban J connectivity index is 1.53. The number of carbonyl (C=O) groups is 2. The zero-order valence-corrected chi connectivity index (χ0v) is 23.7. The minimum absolute atomic E-state index is 0.0664. The quantitative estimate of drug-likeness (QED) is 0.432. The molecule has 1 aliphatic heterocycles. The molecule has 4 N–H and O–H groups in total. The van der Waals surface area contributed by atoms with E-state index in [0.717, 1.165) is 6.07 Å². The van der Waals surface area contributed by atoms with E-state index in [0.29, 0.717) is 49.9 Å². The number of aromatic nitrogens is 4. The molecule has 13 heteroatoms. The van der Waals surface area contributed by atoms with Crippen LogP contribution in [0.1, 0.15) is 79.5 Å². The molecule has 1 saturated heterocycles. The van der Waals surface area contributed by atoms with Gasteiger partial charge in [-0.3, -0.25) is 9.48 Å². The molecule has 10 nitrogen and oxygen atoms in total. The molecule has 0 bridgehead atoms. The molecule has 1 fully saturated rings. The maximum atomic E-state index is 13.4. The van der Waals surface area contributed by atoms with Crippen LogP contribution in [0.5, 0.6) is 0 Å². The minimum atomic E-state index is -4.46. The summed E-state index contributed by atoms with van der Waals surface area (Å²) in [5, 5.41) is 8.94. The van der Waals surface area contributed by atoms with Crippen LogP contribution in [0.15, 0.2) is 30.6 Å². The first-order valence-corrected chi connectivity index (χ1v) is 13.5. The van der Waals surface area contributed by atoms with Gasteiger partial charge in [-0.15, -0.1) is 0 Å². The average molecular weight is 576 g/mol. The number of amides is 2. The number of hydrogen-bond donors (Lipinski definition) is 2. The zero-order valence-electron chi connectivity index (χ0n) is 23.7. The Labute approximate surface area is 236 Å². The van der Waals surface area contributed by atoms with E-state index < -0.39 is 23.2 Å². The van der Waals surface area contributed by atoms with Crippen LogP contribution in [0, 0.1) is 6.92 Å². The number of likely N-dealkylation sites (tertiary alicyclic amines) is 1. The van der Waals surface area contributed by atoms with Crippen LogP contribution in [0.2, 0.25) is 0 Å². The standard InChI is InChI=1S/C28H36F3N7O3/c1-17-9-10-18(13-21(17)28(29,30)31)15-37-16-19(14-34-37)23-22(25(33)39)24(32)38(35-23)20-7-5-11-36(12-6-8-20)26(40)41-27(2,3)4/h9-10,13-14,16,20H,5-8,11-12,15,32H2,1-4H3,(H2,33,39). The van der Waals surface area contributed by atoms with Crippen LogP contribution in [0.3, 0.4) is 0 Å². The third-order valence-corrected chi connectivity index (χ3v) is 6.98. The van der Waals surface area contributed by atoms with Crippen LogP contribution >= 0.6 is 0 Å². The van der Waals surface area contributed by atoms with E-state index in [9.17, 15) is 22.8 Å². The number of rotatable bonds is 5. The molecule has 2 amide bonds. The molecule has 0 aliphatic carbocycles. The predicted octanol–water partition coefficient (Wildman–Crippen LogP) is 5.16. The number of ether oxygens (including phenoxy) is 1. The molecule has 0 atom stereocenters. The van der Waals surface area contributed by atoms with Gasteiger partial charge in [-0.25, -0.2) is 9.48 Å². The molecule has 222 valence electrons. The van der Waals surface area contributed by atoms with E-state index in [-0.39, 0.29) is 41.3 Å². The third kappa shape index (κ3) is 7.01. The topological polar surface area (TPSA) is 134 Å². The van der Waals surface area contributed by atoms with Gasteiger partial charge in [0.25, 0.3) is 5.91 Å². The van der Waals surface area contributed by atoms with Crippen molar-refractivity contribution in [2.75, 3.05) is 18.8 Å². The van der Waals surface area contributed by atoms with E-state index in [4.69, 9.17) is 16.2 Å². The molecular weight excluding hydrogens is 539 g/mol. The lowest BCUT2D eigenvalue weighted by Gasteiger charge is -2.30. The van der Waals surface area contributed by atoms with E-state index in [1.807, 2.05) is 20.8 Å². The van der Waals surface area contributed by atoms with Crippen LogP contribution in [0.4, 0.5) is 23.8 Å². The van der Waals surface area contributed by atoms with Crippen molar-refractivity contribution < 1.29 is 27.5 Å². The van der Waals surface area contributed by atoms with Crippen molar-refractivity contribution in [3.63, 3.8) is 0 Å². The van der Waals surface area contributed by atoms with Gasteiger partial charge < -0.3 is 21.1 Å². The van der Waals surface area contributed by atoms with Gasteiger partial charge in [0.2, 0.25) is 0 Å².